The summed E-state index contributed by atoms with van der Waals surface area (Å²) in [4.78, 5) is 12.8. The number of quaternary nitrogens is 1. The Morgan fingerprint density at radius 1 is 0.760 bits per heavy atom. The molecular formula is C21H43ClN2O. The maximum absolute atomic E-state index is 11.2. The largest absolute Gasteiger partial charge is 1.00 e. The van der Waals surface area contributed by atoms with Crippen molar-refractivity contribution in [3.05, 3.63) is 12.2 Å². The van der Waals surface area contributed by atoms with Crippen molar-refractivity contribution in [1.82, 2.24) is 5.32 Å². The van der Waals surface area contributed by atoms with Gasteiger partial charge in [-0.1, -0.05) is 70.3 Å². The Labute approximate surface area is 163 Å². The molecule has 0 aliphatic rings. The highest BCUT2D eigenvalue weighted by Crippen LogP contribution is 2.12. The van der Waals surface area contributed by atoms with E-state index >= 15 is 0 Å². The van der Waals surface area contributed by atoms with Gasteiger partial charge in [-0.3, -0.25) is 4.79 Å². The van der Waals surface area contributed by atoms with Crippen molar-refractivity contribution in [2.24, 2.45) is 0 Å². The second-order valence-corrected chi connectivity index (χ2v) is 7.34. The first kappa shape index (κ1) is 26.7. The molecule has 0 aliphatic heterocycles. The van der Waals surface area contributed by atoms with Gasteiger partial charge in [0, 0.05) is 6.54 Å². The van der Waals surface area contributed by atoms with Crippen LogP contribution in [0.4, 0.5) is 0 Å². The lowest BCUT2D eigenvalue weighted by Crippen LogP contribution is -3.05. The standard InChI is InChI=1S/C21H42N2O.ClH/c1-4-18-21(24)22-19-16-14-12-10-8-6-5-7-9-11-13-15-17-20-23(2)3;/h4,18H,5-17,19-20H2,1-3H3,(H,22,24);1H. The van der Waals surface area contributed by atoms with Crippen molar-refractivity contribution < 1.29 is 22.1 Å². The van der Waals surface area contributed by atoms with E-state index in [-0.39, 0.29) is 18.3 Å². The number of nitrogens with one attached hydrogen (secondary N) is 2. The Kier molecular flexibility index (Phi) is 23.0. The lowest BCUT2D eigenvalue weighted by Gasteiger charge is -2.06. The number of amides is 1. The lowest BCUT2D eigenvalue weighted by atomic mass is 10.0. The first-order valence-electron chi connectivity index (χ1n) is 10.4. The second-order valence-electron chi connectivity index (χ2n) is 7.34. The molecule has 0 bridgehead atoms. The molecule has 0 radical (unpaired) electrons. The summed E-state index contributed by atoms with van der Waals surface area (Å²) < 4.78 is 0. The van der Waals surface area contributed by atoms with Crippen LogP contribution >= 0.6 is 0 Å². The van der Waals surface area contributed by atoms with Crippen LogP contribution in [0, 0.1) is 0 Å². The number of unbranched alkanes of at least 4 members (excludes halogenated alkanes) is 12. The Bertz CT molecular complexity index is 306. The molecule has 4 heteroatoms. The van der Waals surface area contributed by atoms with E-state index in [2.05, 4.69) is 19.4 Å². The molecule has 25 heavy (non-hydrogen) atoms. The maximum Gasteiger partial charge on any atom is 0.243 e. The SMILES string of the molecule is CC=CC(=O)NCCCCCCCCCCCCCCC[NH+](C)C.[Cl-]. The van der Waals surface area contributed by atoms with Gasteiger partial charge in [0.2, 0.25) is 5.91 Å². The zero-order valence-electron chi connectivity index (χ0n) is 17.0. The summed E-state index contributed by atoms with van der Waals surface area (Å²) >= 11 is 0. The second kappa shape index (κ2) is 21.5. The van der Waals surface area contributed by atoms with Crippen LogP contribution in [0.25, 0.3) is 0 Å². The maximum atomic E-state index is 11.2. The third kappa shape index (κ3) is 23.5. The van der Waals surface area contributed by atoms with Gasteiger partial charge in [-0.05, 0) is 32.3 Å². The molecule has 1 amide bonds. The minimum Gasteiger partial charge on any atom is -1.00 e. The summed E-state index contributed by atoms with van der Waals surface area (Å²) in [5.74, 6) is 0.0383. The molecule has 0 aromatic carbocycles. The van der Waals surface area contributed by atoms with Gasteiger partial charge in [0.1, 0.15) is 0 Å². The van der Waals surface area contributed by atoms with Crippen LogP contribution in [-0.4, -0.2) is 33.1 Å². The smallest absolute Gasteiger partial charge is 0.243 e. The highest BCUT2D eigenvalue weighted by Gasteiger charge is 1.96. The zero-order valence-corrected chi connectivity index (χ0v) is 17.8. The molecule has 0 fully saturated rings. The van der Waals surface area contributed by atoms with Crippen LogP contribution in [0.3, 0.4) is 0 Å². The topological polar surface area (TPSA) is 33.5 Å². The molecule has 0 saturated carbocycles. The van der Waals surface area contributed by atoms with Gasteiger partial charge in [-0.2, -0.15) is 0 Å². The van der Waals surface area contributed by atoms with Crippen molar-refractivity contribution in [2.75, 3.05) is 27.2 Å². The molecule has 150 valence electrons. The average Bonchev–Trinajstić information content (AvgIpc) is 2.54. The first-order valence-corrected chi connectivity index (χ1v) is 10.4. The van der Waals surface area contributed by atoms with Gasteiger partial charge in [-0.25, -0.2) is 0 Å². The molecule has 0 saturated heterocycles. The minimum absolute atomic E-state index is 0. The van der Waals surface area contributed by atoms with E-state index < -0.39 is 0 Å². The van der Waals surface area contributed by atoms with Crippen molar-refractivity contribution in [3.8, 4) is 0 Å². The third-order valence-corrected chi connectivity index (χ3v) is 4.47. The molecule has 0 aromatic rings. The monoisotopic (exact) mass is 374 g/mol. The van der Waals surface area contributed by atoms with Gasteiger partial charge in [-0.15, -0.1) is 0 Å². The molecule has 0 aromatic heterocycles. The number of allylic oxidation sites excluding steroid dienone is 1. The molecule has 0 unspecified atom stereocenters. The van der Waals surface area contributed by atoms with Crippen LogP contribution in [0.2, 0.25) is 0 Å². The third-order valence-electron chi connectivity index (χ3n) is 4.47. The van der Waals surface area contributed by atoms with E-state index in [1.807, 2.05) is 6.92 Å². The van der Waals surface area contributed by atoms with E-state index in [0.29, 0.717) is 0 Å². The van der Waals surface area contributed by atoms with Crippen LogP contribution in [0.15, 0.2) is 12.2 Å². The Balaban J connectivity index is 0. The Hall–Kier alpha value is -0.540. The fourth-order valence-corrected chi connectivity index (χ4v) is 2.97. The fourth-order valence-electron chi connectivity index (χ4n) is 2.97. The van der Waals surface area contributed by atoms with Crippen molar-refractivity contribution in [2.45, 2.75) is 90.4 Å². The predicted molar refractivity (Wildman–Crippen MR) is 106 cm³/mol. The van der Waals surface area contributed by atoms with Gasteiger partial charge in [0.15, 0.2) is 0 Å². The van der Waals surface area contributed by atoms with Crippen LogP contribution in [0.5, 0.6) is 0 Å². The summed E-state index contributed by atoms with van der Waals surface area (Å²) in [7, 11) is 4.48. The molecule has 0 atom stereocenters. The quantitative estimate of drug-likeness (QED) is 0.288. The zero-order chi connectivity index (χ0) is 17.9. The molecule has 0 rings (SSSR count). The molecule has 0 heterocycles. The molecule has 0 aliphatic carbocycles. The molecular weight excluding hydrogens is 332 g/mol. The van der Waals surface area contributed by atoms with Crippen molar-refractivity contribution >= 4 is 5.91 Å². The van der Waals surface area contributed by atoms with Gasteiger partial charge < -0.3 is 22.6 Å². The fraction of sp³-hybridized carbons (Fsp3) is 0.857. The summed E-state index contributed by atoms with van der Waals surface area (Å²) in [5.41, 5.74) is 0. The van der Waals surface area contributed by atoms with Gasteiger partial charge in [0.05, 0.1) is 20.6 Å². The summed E-state index contributed by atoms with van der Waals surface area (Å²) in [6.07, 6.45) is 21.1. The molecule has 3 nitrogen and oxygen atoms in total. The Morgan fingerprint density at radius 2 is 1.16 bits per heavy atom. The first-order chi connectivity index (χ1) is 11.7. The summed E-state index contributed by atoms with van der Waals surface area (Å²) in [5, 5.41) is 2.91. The predicted octanol–water partition coefficient (Wildman–Crippen LogP) is 0.899. The van der Waals surface area contributed by atoms with Gasteiger partial charge in [0.25, 0.3) is 0 Å². The van der Waals surface area contributed by atoms with E-state index in [4.69, 9.17) is 0 Å². The highest BCUT2D eigenvalue weighted by atomic mass is 35.5. The van der Waals surface area contributed by atoms with Crippen molar-refractivity contribution in [3.63, 3.8) is 0 Å². The van der Waals surface area contributed by atoms with Crippen LogP contribution in [0.1, 0.15) is 90.4 Å². The van der Waals surface area contributed by atoms with E-state index in [0.717, 1.165) is 13.0 Å². The molecule has 0 spiro atoms. The van der Waals surface area contributed by atoms with E-state index in [9.17, 15) is 4.79 Å². The van der Waals surface area contributed by atoms with Crippen LogP contribution < -0.4 is 22.6 Å². The van der Waals surface area contributed by atoms with E-state index in [1.54, 1.807) is 17.1 Å². The Morgan fingerprint density at radius 3 is 1.56 bits per heavy atom. The number of halogens is 1. The van der Waals surface area contributed by atoms with Crippen molar-refractivity contribution in [1.29, 1.82) is 0 Å². The number of hydrogen-bond acceptors (Lipinski definition) is 1. The minimum atomic E-state index is 0. The average molecular weight is 375 g/mol. The summed E-state index contributed by atoms with van der Waals surface area (Å²) in [6, 6.07) is 0. The lowest BCUT2D eigenvalue weighted by molar-refractivity contribution is -0.858. The van der Waals surface area contributed by atoms with E-state index in [1.165, 1.54) is 83.6 Å². The van der Waals surface area contributed by atoms with Crippen LogP contribution in [-0.2, 0) is 4.79 Å². The number of hydrogen-bond donors (Lipinski definition) is 2. The summed E-state index contributed by atoms with van der Waals surface area (Å²) in [6.45, 7) is 4.01. The number of carbonyl (C=O) groups excluding carboxylic acids is 1. The highest BCUT2D eigenvalue weighted by molar-refractivity contribution is 5.87. The number of rotatable bonds is 17. The normalized spacial score (nSPS) is 11.0. The number of carbonyl (C=O) groups is 1. The van der Waals surface area contributed by atoms with Gasteiger partial charge >= 0.3 is 0 Å². The molecule has 2 N–H and O–H groups in total.